The molecule has 0 spiro atoms. The number of ether oxygens (including phenoxy) is 5. The van der Waals surface area contributed by atoms with E-state index in [0.717, 1.165) is 4.57 Å². The first-order valence-corrected chi connectivity index (χ1v) is 11.2. The Morgan fingerprint density at radius 2 is 1.82 bits per heavy atom. The molecule has 0 aliphatic carbocycles. The molecule has 0 radical (unpaired) electrons. The van der Waals surface area contributed by atoms with Gasteiger partial charge in [-0.25, -0.2) is 9.59 Å². The number of esters is 2. The van der Waals surface area contributed by atoms with Gasteiger partial charge in [0.05, 0.1) is 21.9 Å². The summed E-state index contributed by atoms with van der Waals surface area (Å²) in [6, 6.07) is 0. The molecule has 12 nitrogen and oxygen atoms in total. The predicted octanol–water partition coefficient (Wildman–Crippen LogP) is 1.99. The van der Waals surface area contributed by atoms with Crippen molar-refractivity contribution in [2.45, 2.75) is 71.2 Å². The highest BCUT2D eigenvalue weighted by molar-refractivity contribution is 14.1. The summed E-state index contributed by atoms with van der Waals surface area (Å²) in [6.45, 7) is 7.87. The van der Waals surface area contributed by atoms with E-state index in [1.807, 2.05) is 36.4 Å². The second-order valence-electron chi connectivity index (χ2n) is 7.98. The number of carbonyl (C=O) groups excluding carboxylic acids is 3. The van der Waals surface area contributed by atoms with Crippen molar-refractivity contribution in [2.75, 3.05) is 19.0 Å². The first-order valence-electron chi connectivity index (χ1n) is 10.1. The summed E-state index contributed by atoms with van der Waals surface area (Å²) in [5, 5.41) is 2.43. The number of nitrogens with one attached hydrogen (secondary N) is 1. The van der Waals surface area contributed by atoms with Crippen molar-refractivity contribution in [3.05, 3.63) is 20.3 Å². The molecular formula is C20H28IN3O9. The highest BCUT2D eigenvalue weighted by Gasteiger charge is 2.48. The molecule has 1 aliphatic rings. The van der Waals surface area contributed by atoms with Gasteiger partial charge in [-0.15, -0.1) is 0 Å². The van der Waals surface area contributed by atoms with Crippen molar-refractivity contribution in [2.24, 2.45) is 0 Å². The zero-order valence-electron chi connectivity index (χ0n) is 19.2. The first kappa shape index (κ1) is 27.0. The molecule has 2 unspecified atom stereocenters. The highest BCUT2D eigenvalue weighted by Crippen LogP contribution is 2.33. The third-order valence-electron chi connectivity index (χ3n) is 4.92. The lowest BCUT2D eigenvalue weighted by atomic mass is 10.1. The van der Waals surface area contributed by atoms with Gasteiger partial charge in [0.25, 0.3) is 0 Å². The second-order valence-corrected chi connectivity index (χ2v) is 9.14. The fourth-order valence-corrected chi connectivity index (χ4v) is 3.59. The van der Waals surface area contributed by atoms with Crippen LogP contribution in [0.15, 0.2) is 11.0 Å². The van der Waals surface area contributed by atoms with E-state index in [9.17, 15) is 19.2 Å². The molecule has 1 aromatic heterocycles. The van der Waals surface area contributed by atoms with E-state index in [-0.39, 0.29) is 12.4 Å². The summed E-state index contributed by atoms with van der Waals surface area (Å²) in [5.41, 5.74) is -1.22. The van der Waals surface area contributed by atoms with Gasteiger partial charge in [-0.1, -0.05) is 0 Å². The topological polar surface area (TPSA) is 144 Å². The van der Waals surface area contributed by atoms with Crippen LogP contribution in [0.1, 0.15) is 47.3 Å². The molecular weight excluding hydrogens is 553 g/mol. The number of carbonyl (C=O) groups is 3. The minimum atomic E-state index is -1.08. The molecule has 0 bridgehead atoms. The Labute approximate surface area is 204 Å². The number of hydrogen-bond acceptors (Lipinski definition) is 10. The Morgan fingerprint density at radius 3 is 2.39 bits per heavy atom. The van der Waals surface area contributed by atoms with E-state index in [2.05, 4.69) is 10.3 Å². The van der Waals surface area contributed by atoms with Crippen molar-refractivity contribution < 1.29 is 38.1 Å². The lowest BCUT2D eigenvalue weighted by Gasteiger charge is -2.24. The first-order chi connectivity index (χ1) is 15.3. The van der Waals surface area contributed by atoms with Crippen LogP contribution in [0, 0.1) is 3.57 Å². The van der Waals surface area contributed by atoms with Gasteiger partial charge in [-0.3, -0.25) is 19.5 Å². The molecule has 33 heavy (non-hydrogen) atoms. The van der Waals surface area contributed by atoms with E-state index in [1.165, 1.54) is 20.0 Å². The van der Waals surface area contributed by atoms with Gasteiger partial charge in [0.2, 0.25) is 0 Å². The number of anilines is 1. The van der Waals surface area contributed by atoms with E-state index in [1.54, 1.807) is 14.0 Å². The van der Waals surface area contributed by atoms with Gasteiger partial charge in [0.15, 0.2) is 24.3 Å². The number of amides is 1. The minimum Gasteiger partial charge on any atom is -0.456 e. The van der Waals surface area contributed by atoms with E-state index in [0.29, 0.717) is 9.99 Å². The van der Waals surface area contributed by atoms with Crippen LogP contribution in [-0.2, 0) is 33.3 Å². The van der Waals surface area contributed by atoms with Crippen molar-refractivity contribution >= 4 is 46.4 Å². The van der Waals surface area contributed by atoms with E-state index < -0.39 is 53.9 Å². The van der Waals surface area contributed by atoms with Crippen LogP contribution in [0.25, 0.3) is 0 Å². The third kappa shape index (κ3) is 7.37. The summed E-state index contributed by atoms with van der Waals surface area (Å²) in [7, 11) is 1.57. The van der Waals surface area contributed by atoms with Crippen LogP contribution in [0.3, 0.4) is 0 Å². The third-order valence-corrected chi connectivity index (χ3v) is 5.71. The highest BCUT2D eigenvalue weighted by atomic mass is 127. The van der Waals surface area contributed by atoms with Crippen molar-refractivity contribution in [1.29, 1.82) is 0 Å². The van der Waals surface area contributed by atoms with Gasteiger partial charge < -0.3 is 23.7 Å². The van der Waals surface area contributed by atoms with Crippen LogP contribution < -0.4 is 11.0 Å². The molecule has 4 atom stereocenters. The lowest BCUT2D eigenvalue weighted by molar-refractivity contribution is -0.165. The van der Waals surface area contributed by atoms with Crippen molar-refractivity contribution in [3.63, 3.8) is 0 Å². The van der Waals surface area contributed by atoms with Crippen LogP contribution in [0.5, 0.6) is 0 Å². The maximum Gasteiger partial charge on any atom is 0.412 e. The van der Waals surface area contributed by atoms with Gasteiger partial charge in [0.1, 0.15) is 0 Å². The van der Waals surface area contributed by atoms with Gasteiger partial charge in [-0.2, -0.15) is 4.98 Å². The average Bonchev–Trinajstić information content (AvgIpc) is 2.98. The molecule has 2 rings (SSSR count). The molecule has 184 valence electrons. The Kier molecular flexibility index (Phi) is 9.20. The molecule has 13 heteroatoms. The van der Waals surface area contributed by atoms with Gasteiger partial charge >= 0.3 is 23.7 Å². The molecule has 1 aliphatic heterocycles. The number of methoxy groups -OCH3 is 1. The SMILES string of the molecule is COC(C)(C)CCOC(=O)Nc1nc(=O)n([C@@H]2O[C@H](C)C(OC(C)=O)C2OC(C)=O)cc1I. The zero-order valence-corrected chi connectivity index (χ0v) is 21.4. The number of nitrogens with zero attached hydrogens (tertiary/aromatic N) is 2. The Bertz CT molecular complexity index is 949. The monoisotopic (exact) mass is 581 g/mol. The van der Waals surface area contributed by atoms with Gasteiger partial charge in [0, 0.05) is 33.6 Å². The molecule has 1 aromatic rings. The molecule has 2 heterocycles. The molecule has 1 amide bonds. The molecule has 1 saturated heterocycles. The zero-order chi connectivity index (χ0) is 24.9. The molecule has 0 saturated carbocycles. The van der Waals surface area contributed by atoms with Crippen LogP contribution >= 0.6 is 22.6 Å². The summed E-state index contributed by atoms with van der Waals surface area (Å²) in [5.74, 6) is -1.21. The maximum absolute atomic E-state index is 12.7. The Hall–Kier alpha value is -2.26. The smallest absolute Gasteiger partial charge is 0.412 e. The number of halogens is 1. The lowest BCUT2D eigenvalue weighted by Crippen LogP contribution is -2.40. The van der Waals surface area contributed by atoms with E-state index >= 15 is 0 Å². The quantitative estimate of drug-likeness (QED) is 0.275. The van der Waals surface area contributed by atoms with Crippen LogP contribution in [0.2, 0.25) is 0 Å². The maximum atomic E-state index is 12.7. The normalized spacial score (nSPS) is 22.5. The second kappa shape index (κ2) is 11.2. The molecule has 1 N–H and O–H groups in total. The van der Waals surface area contributed by atoms with Crippen LogP contribution in [0.4, 0.5) is 10.6 Å². The van der Waals surface area contributed by atoms with Crippen molar-refractivity contribution in [3.8, 4) is 0 Å². The summed E-state index contributed by atoms with van der Waals surface area (Å²) in [4.78, 5) is 51.8. The number of hydrogen-bond donors (Lipinski definition) is 1. The number of rotatable bonds is 8. The van der Waals surface area contributed by atoms with Gasteiger partial charge in [-0.05, 0) is 43.4 Å². The average molecular weight is 581 g/mol. The summed E-state index contributed by atoms with van der Waals surface area (Å²) < 4.78 is 28.2. The Balaban J connectivity index is 2.19. The largest absolute Gasteiger partial charge is 0.456 e. The van der Waals surface area contributed by atoms with Crippen molar-refractivity contribution in [1.82, 2.24) is 9.55 Å². The molecule has 0 aromatic carbocycles. The minimum absolute atomic E-state index is 0.000491. The fraction of sp³-hybridized carbons (Fsp3) is 0.650. The van der Waals surface area contributed by atoms with Crippen LogP contribution in [-0.4, -0.2) is 65.2 Å². The fourth-order valence-electron chi connectivity index (χ4n) is 3.04. The standard InChI is InChI=1S/C20H28IN3O9/c1-10-14(32-11(2)25)15(33-12(3)26)17(31-10)24-9-13(21)16(22-18(24)27)23-19(28)30-8-7-20(4,5)29-6/h9-10,14-15,17H,7-8H2,1-6H3,(H,22,23,27,28)/t10-,14?,15?,17-/m1/s1. The predicted molar refractivity (Wildman–Crippen MR) is 123 cm³/mol. The molecule has 1 fully saturated rings. The van der Waals surface area contributed by atoms with E-state index in [4.69, 9.17) is 23.7 Å². The number of aromatic nitrogens is 2. The summed E-state index contributed by atoms with van der Waals surface area (Å²) in [6.07, 6.45) is -2.63. The Morgan fingerprint density at radius 1 is 1.21 bits per heavy atom. The summed E-state index contributed by atoms with van der Waals surface area (Å²) >= 11 is 1.88.